The van der Waals surface area contributed by atoms with Gasteiger partial charge >= 0.3 is 0 Å². The highest BCUT2D eigenvalue weighted by molar-refractivity contribution is 5.91. The van der Waals surface area contributed by atoms with Crippen LogP contribution < -0.4 is 15.0 Å². The summed E-state index contributed by atoms with van der Waals surface area (Å²) in [6, 6.07) is 17.7. The number of rotatable bonds is 8. The van der Waals surface area contributed by atoms with E-state index in [0.29, 0.717) is 13.2 Å². The van der Waals surface area contributed by atoms with Crippen LogP contribution in [0.3, 0.4) is 0 Å². The fraction of sp³-hybridized carbons (Fsp3) is 0.316. The summed E-state index contributed by atoms with van der Waals surface area (Å²) in [5.41, 5.74) is 2.05. The number of benzene rings is 2. The molecule has 1 amide bonds. The Kier molecular flexibility index (Phi) is 6.63. The van der Waals surface area contributed by atoms with E-state index in [-0.39, 0.29) is 5.91 Å². The number of amides is 1. The normalized spacial score (nSPS) is 11.7. The van der Waals surface area contributed by atoms with Gasteiger partial charge in [-0.2, -0.15) is 0 Å². The Balaban J connectivity index is 1.87. The first-order valence-electron chi connectivity index (χ1n) is 8.11. The summed E-state index contributed by atoms with van der Waals surface area (Å²) in [6.07, 6.45) is 0. The second-order valence-electron chi connectivity index (χ2n) is 5.45. The SMILES string of the molecule is CCOc1ccc(NC(=O)C[NH+](CC)Cc2ccccc2)cc1. The van der Waals surface area contributed by atoms with Gasteiger partial charge in [0.25, 0.3) is 5.91 Å². The zero-order valence-electron chi connectivity index (χ0n) is 13.8. The maximum atomic E-state index is 12.2. The van der Waals surface area contributed by atoms with Crippen LogP contribution in [0.15, 0.2) is 54.6 Å². The third-order valence-electron chi connectivity index (χ3n) is 3.66. The lowest BCUT2D eigenvalue weighted by Crippen LogP contribution is -3.11. The summed E-state index contributed by atoms with van der Waals surface area (Å²) in [5, 5.41) is 2.95. The molecule has 0 heterocycles. The lowest BCUT2D eigenvalue weighted by atomic mass is 10.2. The Morgan fingerprint density at radius 3 is 2.35 bits per heavy atom. The Morgan fingerprint density at radius 1 is 1.04 bits per heavy atom. The number of likely N-dealkylation sites (N-methyl/N-ethyl adjacent to an activating group) is 1. The number of nitrogens with one attached hydrogen (secondary N) is 2. The first kappa shape index (κ1) is 17.0. The van der Waals surface area contributed by atoms with Crippen molar-refractivity contribution < 1.29 is 14.4 Å². The van der Waals surface area contributed by atoms with Gasteiger partial charge in [0.05, 0.1) is 13.2 Å². The fourth-order valence-corrected chi connectivity index (χ4v) is 2.43. The van der Waals surface area contributed by atoms with Crippen LogP contribution in [0, 0.1) is 0 Å². The van der Waals surface area contributed by atoms with Crippen molar-refractivity contribution in [1.29, 1.82) is 0 Å². The quantitative estimate of drug-likeness (QED) is 0.784. The lowest BCUT2D eigenvalue weighted by Gasteiger charge is -2.17. The van der Waals surface area contributed by atoms with E-state index < -0.39 is 0 Å². The van der Waals surface area contributed by atoms with E-state index in [9.17, 15) is 4.79 Å². The van der Waals surface area contributed by atoms with E-state index in [4.69, 9.17) is 4.74 Å². The highest BCUT2D eigenvalue weighted by Gasteiger charge is 2.13. The van der Waals surface area contributed by atoms with E-state index in [1.54, 1.807) is 0 Å². The molecule has 0 aliphatic carbocycles. The molecule has 122 valence electrons. The van der Waals surface area contributed by atoms with Crippen LogP contribution in [0.4, 0.5) is 5.69 Å². The van der Waals surface area contributed by atoms with Crippen molar-refractivity contribution >= 4 is 11.6 Å². The van der Waals surface area contributed by atoms with Crippen molar-refractivity contribution in [2.45, 2.75) is 20.4 Å². The minimum Gasteiger partial charge on any atom is -0.494 e. The molecule has 23 heavy (non-hydrogen) atoms. The molecule has 0 saturated carbocycles. The molecule has 4 heteroatoms. The molecule has 2 N–H and O–H groups in total. The topological polar surface area (TPSA) is 42.8 Å². The monoisotopic (exact) mass is 313 g/mol. The van der Waals surface area contributed by atoms with Gasteiger partial charge in [0.1, 0.15) is 12.3 Å². The molecule has 0 fully saturated rings. The molecule has 0 aliphatic heterocycles. The standard InChI is InChI=1S/C19H24N2O2/c1-3-21(14-16-8-6-5-7-9-16)15-19(22)20-17-10-12-18(13-11-17)23-4-2/h5-13H,3-4,14-15H2,1-2H3,(H,20,22)/p+1. The van der Waals surface area contributed by atoms with E-state index in [1.807, 2.05) is 49.4 Å². The summed E-state index contributed by atoms with van der Waals surface area (Å²) in [6.45, 7) is 6.91. The molecule has 1 unspecified atom stereocenters. The number of quaternary nitrogens is 1. The minimum atomic E-state index is 0.0296. The molecule has 2 aromatic carbocycles. The van der Waals surface area contributed by atoms with Gasteiger partial charge in [-0.3, -0.25) is 4.79 Å². The number of anilines is 1. The van der Waals surface area contributed by atoms with Gasteiger partial charge in [-0.05, 0) is 38.1 Å². The van der Waals surface area contributed by atoms with Crippen LogP contribution in [0.25, 0.3) is 0 Å². The highest BCUT2D eigenvalue weighted by Crippen LogP contribution is 2.15. The first-order valence-corrected chi connectivity index (χ1v) is 8.11. The molecular formula is C19H25N2O2+. The first-order chi connectivity index (χ1) is 11.2. The summed E-state index contributed by atoms with van der Waals surface area (Å²) >= 11 is 0. The van der Waals surface area contributed by atoms with Crippen molar-refractivity contribution in [2.75, 3.05) is 25.0 Å². The predicted molar refractivity (Wildman–Crippen MR) is 92.8 cm³/mol. The molecule has 0 saturated heterocycles. The minimum absolute atomic E-state index is 0.0296. The Labute approximate surface area is 138 Å². The van der Waals surface area contributed by atoms with Gasteiger partial charge in [0.15, 0.2) is 6.54 Å². The van der Waals surface area contributed by atoms with Crippen molar-refractivity contribution in [3.05, 3.63) is 60.2 Å². The van der Waals surface area contributed by atoms with Crippen molar-refractivity contribution in [3.63, 3.8) is 0 Å². The zero-order chi connectivity index (χ0) is 16.5. The second-order valence-corrected chi connectivity index (χ2v) is 5.45. The third kappa shape index (κ3) is 5.75. The summed E-state index contributed by atoms with van der Waals surface area (Å²) < 4.78 is 5.40. The number of hydrogen-bond donors (Lipinski definition) is 2. The highest BCUT2D eigenvalue weighted by atomic mass is 16.5. The maximum absolute atomic E-state index is 12.2. The maximum Gasteiger partial charge on any atom is 0.279 e. The summed E-state index contributed by atoms with van der Waals surface area (Å²) in [5.74, 6) is 0.845. The van der Waals surface area contributed by atoms with E-state index >= 15 is 0 Å². The van der Waals surface area contributed by atoms with E-state index in [2.05, 4.69) is 24.4 Å². The van der Waals surface area contributed by atoms with Crippen LogP contribution in [0.2, 0.25) is 0 Å². The van der Waals surface area contributed by atoms with E-state index in [1.165, 1.54) is 10.5 Å². The van der Waals surface area contributed by atoms with Gasteiger partial charge in [0, 0.05) is 11.3 Å². The van der Waals surface area contributed by atoms with Crippen molar-refractivity contribution in [3.8, 4) is 5.75 Å². The molecule has 2 aromatic rings. The van der Waals surface area contributed by atoms with Crippen LogP contribution in [-0.4, -0.2) is 25.6 Å². The average molecular weight is 313 g/mol. The fourth-order valence-electron chi connectivity index (χ4n) is 2.43. The van der Waals surface area contributed by atoms with Crippen LogP contribution in [-0.2, 0) is 11.3 Å². The van der Waals surface area contributed by atoms with Gasteiger partial charge in [-0.15, -0.1) is 0 Å². The van der Waals surface area contributed by atoms with E-state index in [0.717, 1.165) is 24.5 Å². The largest absolute Gasteiger partial charge is 0.494 e. The molecule has 0 radical (unpaired) electrons. The number of hydrogen-bond acceptors (Lipinski definition) is 2. The predicted octanol–water partition coefficient (Wildman–Crippen LogP) is 2.13. The Morgan fingerprint density at radius 2 is 1.74 bits per heavy atom. The van der Waals surface area contributed by atoms with Crippen LogP contribution >= 0.6 is 0 Å². The average Bonchev–Trinajstić information content (AvgIpc) is 2.57. The molecule has 1 atom stereocenters. The number of carbonyl (C=O) groups is 1. The lowest BCUT2D eigenvalue weighted by molar-refractivity contribution is -0.903. The van der Waals surface area contributed by atoms with Gasteiger partial charge in [-0.25, -0.2) is 0 Å². The van der Waals surface area contributed by atoms with Gasteiger partial charge in [0.2, 0.25) is 0 Å². The Hall–Kier alpha value is -2.33. The molecule has 0 aliphatic rings. The number of ether oxygens (including phenoxy) is 1. The summed E-state index contributed by atoms with van der Waals surface area (Å²) in [7, 11) is 0. The molecule has 0 bridgehead atoms. The van der Waals surface area contributed by atoms with Gasteiger partial charge in [-0.1, -0.05) is 30.3 Å². The smallest absolute Gasteiger partial charge is 0.279 e. The van der Waals surface area contributed by atoms with Gasteiger partial charge < -0.3 is 15.0 Å². The van der Waals surface area contributed by atoms with Crippen molar-refractivity contribution in [1.82, 2.24) is 0 Å². The molecule has 0 aromatic heterocycles. The van der Waals surface area contributed by atoms with Crippen LogP contribution in [0.1, 0.15) is 19.4 Å². The molecule has 4 nitrogen and oxygen atoms in total. The molecule has 2 rings (SSSR count). The number of carbonyl (C=O) groups excluding carboxylic acids is 1. The van der Waals surface area contributed by atoms with Crippen LogP contribution in [0.5, 0.6) is 5.75 Å². The molecular weight excluding hydrogens is 288 g/mol. The third-order valence-corrected chi connectivity index (χ3v) is 3.66. The zero-order valence-corrected chi connectivity index (χ0v) is 13.8. The van der Waals surface area contributed by atoms with Crippen molar-refractivity contribution in [2.24, 2.45) is 0 Å². The Bertz CT molecular complexity index is 597. The second kappa shape index (κ2) is 8.96. The molecule has 0 spiro atoms. The summed E-state index contributed by atoms with van der Waals surface area (Å²) in [4.78, 5) is 13.5.